The second-order valence-corrected chi connectivity index (χ2v) is 6.38. The van der Waals surface area contributed by atoms with Crippen molar-refractivity contribution in [2.75, 3.05) is 10.6 Å². The Morgan fingerprint density at radius 3 is 2.54 bits per heavy atom. The van der Waals surface area contributed by atoms with Gasteiger partial charge in [-0.15, -0.1) is 11.3 Å². The zero-order chi connectivity index (χ0) is 17.1. The lowest BCUT2D eigenvalue weighted by Crippen LogP contribution is -2.13. The molecule has 0 radical (unpaired) electrons. The topological polar surface area (TPSA) is 63.1 Å². The van der Waals surface area contributed by atoms with Crippen LogP contribution in [0, 0.1) is 0 Å². The first kappa shape index (κ1) is 16.3. The average molecular weight is 360 g/mol. The van der Waals surface area contributed by atoms with Crippen LogP contribution < -0.4 is 10.6 Å². The summed E-state index contributed by atoms with van der Waals surface area (Å²) in [5, 5.41) is 7.69. The molecule has 7 heteroatoms. The molecule has 0 atom stereocenters. The molecule has 122 valence electrons. The molecule has 3 aromatic rings. The molecule has 3 rings (SSSR count). The Kier molecular flexibility index (Phi) is 4.69. The summed E-state index contributed by atoms with van der Waals surface area (Å²) in [5.41, 5.74) is 1.89. The van der Waals surface area contributed by atoms with Gasteiger partial charge in [0.05, 0.1) is 16.4 Å². The standard InChI is InChI=1S/C17H14ClN3O2S/c1-11(22)19-14-5-4-12(10-13(14)18)20-17(23)16-15(6-9-24-16)21-7-2-3-8-21/h2-10H,1H3,(H,19,22)(H,20,23). The van der Waals surface area contributed by atoms with Gasteiger partial charge in [-0.1, -0.05) is 11.6 Å². The van der Waals surface area contributed by atoms with Crippen LogP contribution in [0.25, 0.3) is 5.69 Å². The first-order chi connectivity index (χ1) is 11.5. The summed E-state index contributed by atoms with van der Waals surface area (Å²) in [6, 6.07) is 10.7. The van der Waals surface area contributed by atoms with Gasteiger partial charge in [0.15, 0.2) is 0 Å². The van der Waals surface area contributed by atoms with E-state index in [2.05, 4.69) is 10.6 Å². The first-order valence-corrected chi connectivity index (χ1v) is 8.39. The number of benzene rings is 1. The van der Waals surface area contributed by atoms with Gasteiger partial charge in [0.1, 0.15) is 4.88 Å². The Labute approximate surface area is 147 Å². The highest BCUT2D eigenvalue weighted by molar-refractivity contribution is 7.12. The lowest BCUT2D eigenvalue weighted by Gasteiger charge is -2.10. The summed E-state index contributed by atoms with van der Waals surface area (Å²) >= 11 is 7.49. The fourth-order valence-corrected chi connectivity index (χ4v) is 3.26. The van der Waals surface area contributed by atoms with E-state index in [1.54, 1.807) is 18.2 Å². The van der Waals surface area contributed by atoms with Crippen LogP contribution in [-0.2, 0) is 4.79 Å². The number of halogens is 1. The van der Waals surface area contributed by atoms with E-state index in [9.17, 15) is 9.59 Å². The first-order valence-electron chi connectivity index (χ1n) is 7.14. The minimum atomic E-state index is -0.211. The second-order valence-electron chi connectivity index (χ2n) is 5.06. The summed E-state index contributed by atoms with van der Waals surface area (Å²) in [4.78, 5) is 24.2. The molecular formula is C17H14ClN3O2S. The molecular weight excluding hydrogens is 346 g/mol. The molecule has 0 unspecified atom stereocenters. The van der Waals surface area contributed by atoms with Gasteiger partial charge >= 0.3 is 0 Å². The Balaban J connectivity index is 1.80. The maximum atomic E-state index is 12.5. The van der Waals surface area contributed by atoms with Gasteiger partial charge in [0.25, 0.3) is 5.91 Å². The molecule has 0 fully saturated rings. The van der Waals surface area contributed by atoms with Crippen LogP contribution in [0.2, 0.25) is 5.02 Å². The van der Waals surface area contributed by atoms with Gasteiger partial charge in [-0.3, -0.25) is 9.59 Å². The number of hydrogen-bond donors (Lipinski definition) is 2. The van der Waals surface area contributed by atoms with Gasteiger partial charge in [0, 0.05) is 25.0 Å². The zero-order valence-electron chi connectivity index (χ0n) is 12.7. The fourth-order valence-electron chi connectivity index (χ4n) is 2.24. The predicted octanol–water partition coefficient (Wildman–Crippen LogP) is 4.40. The molecule has 0 saturated carbocycles. The van der Waals surface area contributed by atoms with Gasteiger partial charge in [-0.2, -0.15) is 0 Å². The van der Waals surface area contributed by atoms with Crippen molar-refractivity contribution in [2.24, 2.45) is 0 Å². The van der Waals surface area contributed by atoms with E-state index >= 15 is 0 Å². The predicted molar refractivity (Wildman–Crippen MR) is 97.4 cm³/mol. The molecule has 0 bridgehead atoms. The van der Waals surface area contributed by atoms with Gasteiger partial charge < -0.3 is 15.2 Å². The molecule has 2 aromatic heterocycles. The zero-order valence-corrected chi connectivity index (χ0v) is 14.3. The van der Waals surface area contributed by atoms with Crippen molar-refractivity contribution in [2.45, 2.75) is 6.92 Å². The molecule has 0 saturated heterocycles. The van der Waals surface area contributed by atoms with E-state index in [1.165, 1.54) is 18.3 Å². The largest absolute Gasteiger partial charge is 0.325 e. The summed E-state index contributed by atoms with van der Waals surface area (Å²) in [6.45, 7) is 1.41. The Morgan fingerprint density at radius 1 is 1.12 bits per heavy atom. The van der Waals surface area contributed by atoms with Crippen molar-refractivity contribution >= 4 is 46.1 Å². The Hall–Kier alpha value is -2.57. The number of amides is 2. The van der Waals surface area contributed by atoms with E-state index in [0.717, 1.165) is 5.69 Å². The number of nitrogens with zero attached hydrogens (tertiary/aromatic N) is 1. The number of carbonyl (C=O) groups excluding carboxylic acids is 2. The highest BCUT2D eigenvalue weighted by Gasteiger charge is 2.15. The van der Waals surface area contributed by atoms with Crippen LogP contribution in [-0.4, -0.2) is 16.4 Å². The Bertz CT molecular complexity index is 887. The van der Waals surface area contributed by atoms with Crippen LogP contribution in [0.4, 0.5) is 11.4 Å². The van der Waals surface area contributed by atoms with E-state index < -0.39 is 0 Å². The van der Waals surface area contributed by atoms with E-state index in [0.29, 0.717) is 21.3 Å². The maximum absolute atomic E-state index is 12.5. The molecule has 1 aromatic carbocycles. The molecule has 2 heterocycles. The van der Waals surface area contributed by atoms with E-state index in [4.69, 9.17) is 11.6 Å². The number of hydrogen-bond acceptors (Lipinski definition) is 3. The van der Waals surface area contributed by atoms with Crippen molar-refractivity contribution in [3.8, 4) is 5.69 Å². The third kappa shape index (κ3) is 3.50. The Morgan fingerprint density at radius 2 is 1.88 bits per heavy atom. The van der Waals surface area contributed by atoms with Crippen molar-refractivity contribution in [1.82, 2.24) is 4.57 Å². The molecule has 0 spiro atoms. The molecule has 5 nitrogen and oxygen atoms in total. The minimum absolute atomic E-state index is 0.205. The highest BCUT2D eigenvalue weighted by Crippen LogP contribution is 2.27. The van der Waals surface area contributed by atoms with E-state index in [1.807, 2.05) is 40.5 Å². The van der Waals surface area contributed by atoms with Crippen LogP contribution in [0.15, 0.2) is 54.2 Å². The number of nitrogens with one attached hydrogen (secondary N) is 2. The minimum Gasteiger partial charge on any atom is -0.325 e. The molecule has 0 aliphatic rings. The number of rotatable bonds is 4. The molecule has 0 aliphatic carbocycles. The SMILES string of the molecule is CC(=O)Nc1ccc(NC(=O)c2sccc2-n2cccc2)cc1Cl. The smallest absolute Gasteiger partial charge is 0.267 e. The molecule has 24 heavy (non-hydrogen) atoms. The number of thiophene rings is 1. The average Bonchev–Trinajstić information content (AvgIpc) is 3.19. The normalized spacial score (nSPS) is 10.4. The number of anilines is 2. The summed E-state index contributed by atoms with van der Waals surface area (Å²) in [6.07, 6.45) is 3.77. The van der Waals surface area contributed by atoms with Crippen molar-refractivity contribution in [1.29, 1.82) is 0 Å². The summed E-state index contributed by atoms with van der Waals surface area (Å²) in [5.74, 6) is -0.416. The van der Waals surface area contributed by atoms with E-state index in [-0.39, 0.29) is 11.8 Å². The van der Waals surface area contributed by atoms with Gasteiger partial charge in [-0.05, 0) is 41.8 Å². The second kappa shape index (κ2) is 6.90. The number of aromatic nitrogens is 1. The molecule has 2 N–H and O–H groups in total. The van der Waals surface area contributed by atoms with Gasteiger partial charge in [0.2, 0.25) is 5.91 Å². The van der Waals surface area contributed by atoms with Crippen molar-refractivity contribution in [3.05, 3.63) is 64.1 Å². The lowest BCUT2D eigenvalue weighted by atomic mass is 10.2. The van der Waals surface area contributed by atoms with Crippen LogP contribution in [0.3, 0.4) is 0 Å². The molecule has 0 aliphatic heterocycles. The molecule has 2 amide bonds. The third-order valence-electron chi connectivity index (χ3n) is 3.27. The highest BCUT2D eigenvalue weighted by atomic mass is 35.5. The summed E-state index contributed by atoms with van der Waals surface area (Å²) in [7, 11) is 0. The van der Waals surface area contributed by atoms with Crippen LogP contribution in [0.1, 0.15) is 16.6 Å². The monoisotopic (exact) mass is 359 g/mol. The fraction of sp³-hybridized carbons (Fsp3) is 0.0588. The van der Waals surface area contributed by atoms with Gasteiger partial charge in [-0.25, -0.2) is 0 Å². The lowest BCUT2D eigenvalue weighted by molar-refractivity contribution is -0.114. The quantitative estimate of drug-likeness (QED) is 0.725. The third-order valence-corrected chi connectivity index (χ3v) is 4.49. The van der Waals surface area contributed by atoms with Crippen LogP contribution in [0.5, 0.6) is 0 Å². The van der Waals surface area contributed by atoms with Crippen molar-refractivity contribution in [3.63, 3.8) is 0 Å². The summed E-state index contributed by atoms with van der Waals surface area (Å²) < 4.78 is 1.89. The maximum Gasteiger partial charge on any atom is 0.267 e. The van der Waals surface area contributed by atoms with Crippen molar-refractivity contribution < 1.29 is 9.59 Å². The number of carbonyl (C=O) groups is 2. The van der Waals surface area contributed by atoms with Crippen LogP contribution >= 0.6 is 22.9 Å².